The van der Waals surface area contributed by atoms with E-state index in [0.717, 1.165) is 0 Å². The third kappa shape index (κ3) is 4.24. The van der Waals surface area contributed by atoms with Gasteiger partial charge in [0, 0.05) is 18.1 Å². The number of benzene rings is 1. The quantitative estimate of drug-likeness (QED) is 0.449. The van der Waals surface area contributed by atoms with Gasteiger partial charge in [0.15, 0.2) is 6.10 Å². The Morgan fingerprint density at radius 2 is 1.89 bits per heavy atom. The lowest BCUT2D eigenvalue weighted by Crippen LogP contribution is -2.34. The van der Waals surface area contributed by atoms with Gasteiger partial charge in [-0.1, -0.05) is 13.8 Å². The van der Waals surface area contributed by atoms with Crippen molar-refractivity contribution in [2.45, 2.75) is 26.9 Å². The van der Waals surface area contributed by atoms with Crippen LogP contribution in [-0.4, -0.2) is 23.6 Å². The average molecular weight is 267 g/mol. The SMILES string of the molecule is CCOC(=O)C(Oc1ccc([N+](=O)[O-])cc1)C(C)C. The molecule has 1 aromatic rings. The summed E-state index contributed by atoms with van der Waals surface area (Å²) < 4.78 is 10.5. The van der Waals surface area contributed by atoms with Crippen molar-refractivity contribution in [1.29, 1.82) is 0 Å². The van der Waals surface area contributed by atoms with E-state index < -0.39 is 17.0 Å². The molecule has 0 saturated heterocycles. The number of ether oxygens (including phenoxy) is 2. The minimum absolute atomic E-state index is 0.0235. The maximum absolute atomic E-state index is 11.7. The molecule has 0 fully saturated rings. The van der Waals surface area contributed by atoms with Crippen LogP contribution in [0.1, 0.15) is 20.8 Å². The summed E-state index contributed by atoms with van der Waals surface area (Å²) in [6.45, 7) is 5.69. The highest BCUT2D eigenvalue weighted by Gasteiger charge is 2.25. The van der Waals surface area contributed by atoms with Crippen molar-refractivity contribution in [2.24, 2.45) is 5.92 Å². The van der Waals surface area contributed by atoms with Crippen LogP contribution in [0.4, 0.5) is 5.69 Å². The summed E-state index contributed by atoms with van der Waals surface area (Å²) >= 11 is 0. The number of esters is 1. The Morgan fingerprint density at radius 1 is 1.32 bits per heavy atom. The second-order valence-electron chi connectivity index (χ2n) is 4.29. The topological polar surface area (TPSA) is 78.7 Å². The second-order valence-corrected chi connectivity index (χ2v) is 4.29. The lowest BCUT2D eigenvalue weighted by molar-refractivity contribution is -0.384. The van der Waals surface area contributed by atoms with Crippen molar-refractivity contribution in [3.8, 4) is 5.75 Å². The third-order valence-electron chi connectivity index (χ3n) is 2.43. The molecule has 0 spiro atoms. The Morgan fingerprint density at radius 3 is 2.32 bits per heavy atom. The summed E-state index contributed by atoms with van der Waals surface area (Å²) in [6.07, 6.45) is -0.721. The van der Waals surface area contributed by atoms with E-state index >= 15 is 0 Å². The largest absolute Gasteiger partial charge is 0.478 e. The van der Waals surface area contributed by atoms with E-state index in [-0.39, 0.29) is 18.2 Å². The Kier molecular flexibility index (Phi) is 5.29. The van der Waals surface area contributed by atoms with Gasteiger partial charge in [-0.15, -0.1) is 0 Å². The summed E-state index contributed by atoms with van der Waals surface area (Å²) in [5.41, 5.74) is -0.0235. The molecule has 0 radical (unpaired) electrons. The molecule has 1 atom stereocenters. The van der Waals surface area contributed by atoms with E-state index in [4.69, 9.17) is 9.47 Å². The molecule has 0 aliphatic carbocycles. The zero-order valence-electron chi connectivity index (χ0n) is 11.2. The van der Waals surface area contributed by atoms with Gasteiger partial charge in [0.2, 0.25) is 0 Å². The van der Waals surface area contributed by atoms with Crippen LogP contribution in [0.5, 0.6) is 5.75 Å². The molecule has 0 aliphatic heterocycles. The van der Waals surface area contributed by atoms with Gasteiger partial charge < -0.3 is 9.47 Å². The predicted molar refractivity (Wildman–Crippen MR) is 69.0 cm³/mol. The number of non-ortho nitro benzene ring substituents is 1. The molecule has 0 heterocycles. The first kappa shape index (κ1) is 14.9. The fourth-order valence-corrected chi connectivity index (χ4v) is 1.47. The molecular weight excluding hydrogens is 250 g/mol. The molecule has 0 bridgehead atoms. The van der Waals surface area contributed by atoms with Crippen molar-refractivity contribution >= 4 is 11.7 Å². The van der Waals surface area contributed by atoms with Gasteiger partial charge in [-0.3, -0.25) is 10.1 Å². The summed E-state index contributed by atoms with van der Waals surface area (Å²) in [5.74, 6) is -0.0950. The molecule has 1 rings (SSSR count). The van der Waals surface area contributed by atoms with Crippen LogP contribution in [0, 0.1) is 16.0 Å². The highest BCUT2D eigenvalue weighted by Crippen LogP contribution is 2.20. The molecule has 6 nitrogen and oxygen atoms in total. The molecule has 0 amide bonds. The van der Waals surface area contributed by atoms with Gasteiger partial charge in [0.1, 0.15) is 5.75 Å². The predicted octanol–water partition coefficient (Wildman–Crippen LogP) is 2.56. The van der Waals surface area contributed by atoms with E-state index in [1.54, 1.807) is 6.92 Å². The maximum atomic E-state index is 11.7. The molecule has 0 aromatic heterocycles. The maximum Gasteiger partial charge on any atom is 0.347 e. The number of hydrogen-bond donors (Lipinski definition) is 0. The van der Waals surface area contributed by atoms with Crippen LogP contribution in [-0.2, 0) is 9.53 Å². The Balaban J connectivity index is 2.79. The molecule has 104 valence electrons. The smallest absolute Gasteiger partial charge is 0.347 e. The van der Waals surface area contributed by atoms with E-state index in [1.807, 2.05) is 13.8 Å². The molecule has 0 saturated carbocycles. The first-order valence-corrected chi connectivity index (χ1v) is 6.03. The van der Waals surface area contributed by atoms with Crippen LogP contribution in [0.3, 0.4) is 0 Å². The zero-order valence-corrected chi connectivity index (χ0v) is 11.2. The van der Waals surface area contributed by atoms with E-state index in [2.05, 4.69) is 0 Å². The zero-order chi connectivity index (χ0) is 14.4. The summed E-state index contributed by atoms with van der Waals surface area (Å²) in [6, 6.07) is 5.59. The van der Waals surface area contributed by atoms with Gasteiger partial charge in [0.05, 0.1) is 11.5 Å². The van der Waals surface area contributed by atoms with Gasteiger partial charge in [-0.2, -0.15) is 0 Å². The van der Waals surface area contributed by atoms with Crippen molar-refractivity contribution in [2.75, 3.05) is 6.61 Å². The van der Waals surface area contributed by atoms with E-state index in [9.17, 15) is 14.9 Å². The third-order valence-corrected chi connectivity index (χ3v) is 2.43. The number of carbonyl (C=O) groups is 1. The molecule has 0 N–H and O–H groups in total. The van der Waals surface area contributed by atoms with Gasteiger partial charge in [-0.05, 0) is 19.1 Å². The minimum Gasteiger partial charge on any atom is -0.478 e. The molecular formula is C13H17NO5. The lowest BCUT2D eigenvalue weighted by atomic mass is 10.1. The number of nitrogens with zero attached hydrogens (tertiary/aromatic N) is 1. The highest BCUT2D eigenvalue weighted by atomic mass is 16.6. The number of hydrogen-bond acceptors (Lipinski definition) is 5. The summed E-state index contributed by atoms with van der Waals surface area (Å²) in [7, 11) is 0. The van der Waals surface area contributed by atoms with Crippen LogP contribution in [0.2, 0.25) is 0 Å². The molecule has 19 heavy (non-hydrogen) atoms. The number of rotatable bonds is 6. The van der Waals surface area contributed by atoms with Crippen molar-refractivity contribution in [3.05, 3.63) is 34.4 Å². The molecule has 1 unspecified atom stereocenters. The normalized spacial score (nSPS) is 12.0. The van der Waals surface area contributed by atoms with Crippen LogP contribution in [0.25, 0.3) is 0 Å². The fraction of sp³-hybridized carbons (Fsp3) is 0.462. The number of nitro groups is 1. The number of carbonyl (C=O) groups excluding carboxylic acids is 1. The molecule has 6 heteroatoms. The first-order chi connectivity index (χ1) is 8.95. The van der Waals surface area contributed by atoms with Crippen molar-refractivity contribution < 1.29 is 19.2 Å². The summed E-state index contributed by atoms with van der Waals surface area (Å²) in [5, 5.41) is 10.5. The van der Waals surface area contributed by atoms with Crippen LogP contribution >= 0.6 is 0 Å². The van der Waals surface area contributed by atoms with E-state index in [1.165, 1.54) is 24.3 Å². The monoisotopic (exact) mass is 267 g/mol. The number of nitro benzene ring substituents is 1. The van der Waals surface area contributed by atoms with Crippen LogP contribution < -0.4 is 4.74 Å². The Labute approximate surface area is 111 Å². The van der Waals surface area contributed by atoms with Crippen molar-refractivity contribution in [1.82, 2.24) is 0 Å². The van der Waals surface area contributed by atoms with Crippen LogP contribution in [0.15, 0.2) is 24.3 Å². The average Bonchev–Trinajstić information content (AvgIpc) is 2.36. The van der Waals surface area contributed by atoms with Gasteiger partial charge >= 0.3 is 5.97 Å². The van der Waals surface area contributed by atoms with Gasteiger partial charge in [0.25, 0.3) is 5.69 Å². The van der Waals surface area contributed by atoms with E-state index in [0.29, 0.717) is 5.75 Å². The summed E-state index contributed by atoms with van der Waals surface area (Å²) in [4.78, 5) is 21.7. The Hall–Kier alpha value is -2.11. The molecule has 0 aliphatic rings. The minimum atomic E-state index is -0.721. The first-order valence-electron chi connectivity index (χ1n) is 6.03. The molecule has 1 aromatic carbocycles. The van der Waals surface area contributed by atoms with Crippen molar-refractivity contribution in [3.63, 3.8) is 0 Å². The Bertz CT molecular complexity index is 441. The van der Waals surface area contributed by atoms with Gasteiger partial charge in [-0.25, -0.2) is 4.79 Å². The highest BCUT2D eigenvalue weighted by molar-refractivity contribution is 5.75. The fourth-order valence-electron chi connectivity index (χ4n) is 1.47. The lowest BCUT2D eigenvalue weighted by Gasteiger charge is -2.20. The standard InChI is InChI=1S/C13H17NO5/c1-4-18-13(15)12(9(2)3)19-11-7-5-10(6-8-11)14(16)17/h5-9,12H,4H2,1-3H3. The second kappa shape index (κ2) is 6.72.